The lowest BCUT2D eigenvalue weighted by Gasteiger charge is -2.30. The van der Waals surface area contributed by atoms with Crippen LogP contribution in [0.4, 0.5) is 5.69 Å². The average molecular weight is 348 g/mol. The number of benzene rings is 1. The molecule has 1 saturated heterocycles. The van der Waals surface area contributed by atoms with Crippen LogP contribution in [-0.2, 0) is 10.0 Å². The summed E-state index contributed by atoms with van der Waals surface area (Å²) in [4.78, 5) is 10.2. The van der Waals surface area contributed by atoms with E-state index in [9.17, 15) is 18.5 Å². The van der Waals surface area contributed by atoms with Gasteiger partial charge in [0.25, 0.3) is 5.69 Å². The minimum absolute atomic E-state index is 0.000527. The van der Waals surface area contributed by atoms with Gasteiger partial charge in [0, 0.05) is 23.7 Å². The normalized spacial score (nSPS) is 22.5. The number of nitro groups is 1. The summed E-state index contributed by atoms with van der Waals surface area (Å²) in [5.74, 6) is 0. The van der Waals surface area contributed by atoms with Gasteiger partial charge in [0.2, 0.25) is 10.0 Å². The van der Waals surface area contributed by atoms with Crippen LogP contribution in [0.25, 0.3) is 0 Å². The van der Waals surface area contributed by atoms with E-state index in [0.717, 1.165) is 25.5 Å². The van der Waals surface area contributed by atoms with E-state index in [1.807, 2.05) is 6.92 Å². The third-order valence-corrected chi connectivity index (χ3v) is 5.73. The Balaban J connectivity index is 2.35. The molecule has 9 heteroatoms. The Kier molecular flexibility index (Phi) is 5.06. The summed E-state index contributed by atoms with van der Waals surface area (Å²) in [5, 5.41) is 14.3. The zero-order chi connectivity index (χ0) is 16.5. The molecule has 0 aromatic heterocycles. The van der Waals surface area contributed by atoms with E-state index >= 15 is 0 Å². The van der Waals surface area contributed by atoms with Crippen LogP contribution in [0.5, 0.6) is 0 Å². The fraction of sp³-hybridized carbons (Fsp3) is 0.538. The third-order valence-electron chi connectivity index (χ3n) is 3.87. The first-order valence-corrected chi connectivity index (χ1v) is 8.78. The molecule has 0 aliphatic carbocycles. The average Bonchev–Trinajstić information content (AvgIpc) is 2.43. The van der Waals surface area contributed by atoms with Gasteiger partial charge in [-0.25, -0.2) is 13.1 Å². The molecule has 1 aliphatic rings. The molecular weight excluding hydrogens is 330 g/mol. The van der Waals surface area contributed by atoms with Crippen LogP contribution in [0.1, 0.15) is 25.3 Å². The molecule has 0 radical (unpaired) electrons. The fourth-order valence-electron chi connectivity index (χ4n) is 2.46. The summed E-state index contributed by atoms with van der Waals surface area (Å²) < 4.78 is 27.5. The molecule has 2 atom stereocenters. The first kappa shape index (κ1) is 17.1. The maximum atomic E-state index is 12.5. The first-order valence-electron chi connectivity index (χ1n) is 6.92. The lowest BCUT2D eigenvalue weighted by Crippen LogP contribution is -2.51. The van der Waals surface area contributed by atoms with E-state index < -0.39 is 14.9 Å². The minimum atomic E-state index is -3.87. The highest BCUT2D eigenvalue weighted by Crippen LogP contribution is 2.29. The van der Waals surface area contributed by atoms with Crippen molar-refractivity contribution in [2.75, 3.05) is 6.54 Å². The molecule has 1 aromatic rings. The van der Waals surface area contributed by atoms with Gasteiger partial charge < -0.3 is 5.32 Å². The van der Waals surface area contributed by atoms with Crippen LogP contribution >= 0.6 is 11.6 Å². The number of nitro benzene ring substituents is 1. The van der Waals surface area contributed by atoms with Crippen LogP contribution in [0.3, 0.4) is 0 Å². The van der Waals surface area contributed by atoms with Crippen LogP contribution in [0, 0.1) is 17.0 Å². The van der Waals surface area contributed by atoms with Gasteiger partial charge in [0.15, 0.2) is 0 Å². The number of nitrogens with one attached hydrogen (secondary N) is 2. The van der Waals surface area contributed by atoms with Crippen molar-refractivity contribution >= 4 is 27.3 Å². The predicted octanol–water partition coefficient (Wildman–Crippen LogP) is 1.98. The van der Waals surface area contributed by atoms with Gasteiger partial charge in [-0.15, -0.1) is 0 Å². The molecule has 2 N–H and O–H groups in total. The summed E-state index contributed by atoms with van der Waals surface area (Å²) in [6.07, 6.45) is 1.58. The second-order valence-electron chi connectivity index (χ2n) is 5.42. The van der Waals surface area contributed by atoms with E-state index in [1.54, 1.807) is 0 Å². The van der Waals surface area contributed by atoms with E-state index in [1.165, 1.54) is 13.0 Å². The van der Waals surface area contributed by atoms with Gasteiger partial charge in [-0.1, -0.05) is 11.6 Å². The van der Waals surface area contributed by atoms with Crippen LogP contribution in [0.2, 0.25) is 5.02 Å². The van der Waals surface area contributed by atoms with Crippen molar-refractivity contribution < 1.29 is 13.3 Å². The number of piperidine rings is 1. The van der Waals surface area contributed by atoms with E-state index in [2.05, 4.69) is 10.0 Å². The summed E-state index contributed by atoms with van der Waals surface area (Å²) in [7, 11) is -3.87. The van der Waals surface area contributed by atoms with Gasteiger partial charge in [-0.3, -0.25) is 10.1 Å². The Hall–Kier alpha value is -1.22. The maximum Gasteiger partial charge on any atom is 0.275 e. The number of halogens is 1. The van der Waals surface area contributed by atoms with Crippen LogP contribution in [-0.4, -0.2) is 32.0 Å². The van der Waals surface area contributed by atoms with Crippen molar-refractivity contribution in [3.8, 4) is 0 Å². The van der Waals surface area contributed by atoms with Gasteiger partial charge in [0.05, 0.1) is 14.8 Å². The van der Waals surface area contributed by atoms with Crippen molar-refractivity contribution in [1.82, 2.24) is 10.0 Å². The number of hydrogen-bond acceptors (Lipinski definition) is 5. The van der Waals surface area contributed by atoms with Crippen molar-refractivity contribution in [1.29, 1.82) is 0 Å². The standard InChI is InChI=1S/C13H18ClN3O4S/c1-8-11(14)6-10(7-13(8)17(18)19)22(20,21)16-12-4-3-5-15-9(12)2/h6-7,9,12,15-16H,3-5H2,1-2H3. The molecular formula is C13H18ClN3O4S. The molecule has 7 nitrogen and oxygen atoms in total. The van der Waals surface area contributed by atoms with E-state index in [0.29, 0.717) is 0 Å². The number of sulfonamides is 1. The quantitative estimate of drug-likeness (QED) is 0.640. The topological polar surface area (TPSA) is 101 Å². The lowest BCUT2D eigenvalue weighted by atomic mass is 10.0. The summed E-state index contributed by atoms with van der Waals surface area (Å²) in [5.41, 5.74) is -0.0546. The zero-order valence-corrected chi connectivity index (χ0v) is 13.9. The molecule has 0 amide bonds. The van der Waals surface area contributed by atoms with Crippen molar-refractivity contribution in [2.24, 2.45) is 0 Å². The van der Waals surface area contributed by atoms with Crippen molar-refractivity contribution in [3.05, 3.63) is 32.8 Å². The monoisotopic (exact) mass is 347 g/mol. The largest absolute Gasteiger partial charge is 0.313 e. The SMILES string of the molecule is Cc1c(Cl)cc(S(=O)(=O)NC2CCCNC2C)cc1[N+](=O)[O-]. The molecule has 0 bridgehead atoms. The summed E-state index contributed by atoms with van der Waals surface area (Å²) in [6.45, 7) is 4.23. The van der Waals surface area contributed by atoms with Gasteiger partial charge in [-0.05, 0) is 39.3 Å². The van der Waals surface area contributed by atoms with E-state index in [-0.39, 0.29) is 33.3 Å². The Morgan fingerprint density at radius 3 is 2.73 bits per heavy atom. The molecule has 22 heavy (non-hydrogen) atoms. The van der Waals surface area contributed by atoms with Crippen LogP contribution < -0.4 is 10.0 Å². The fourth-order valence-corrected chi connectivity index (χ4v) is 4.13. The van der Waals surface area contributed by atoms with Crippen LogP contribution in [0.15, 0.2) is 17.0 Å². The third kappa shape index (κ3) is 3.57. The van der Waals surface area contributed by atoms with Gasteiger partial charge >= 0.3 is 0 Å². The second kappa shape index (κ2) is 6.49. The molecule has 1 aromatic carbocycles. The maximum absolute atomic E-state index is 12.5. The molecule has 0 spiro atoms. The molecule has 2 rings (SSSR count). The highest BCUT2D eigenvalue weighted by atomic mass is 35.5. The summed E-state index contributed by atoms with van der Waals surface area (Å²) in [6, 6.07) is 2.04. The van der Waals surface area contributed by atoms with E-state index in [4.69, 9.17) is 11.6 Å². The Morgan fingerprint density at radius 1 is 1.45 bits per heavy atom. The number of hydrogen-bond donors (Lipinski definition) is 2. The summed E-state index contributed by atoms with van der Waals surface area (Å²) >= 11 is 5.93. The highest BCUT2D eigenvalue weighted by molar-refractivity contribution is 7.89. The number of nitrogens with zero attached hydrogens (tertiary/aromatic N) is 1. The molecule has 1 fully saturated rings. The number of rotatable bonds is 4. The highest BCUT2D eigenvalue weighted by Gasteiger charge is 2.28. The predicted molar refractivity (Wildman–Crippen MR) is 83.7 cm³/mol. The van der Waals surface area contributed by atoms with Crippen molar-refractivity contribution in [2.45, 2.75) is 43.7 Å². The second-order valence-corrected chi connectivity index (χ2v) is 7.54. The minimum Gasteiger partial charge on any atom is -0.313 e. The molecule has 0 saturated carbocycles. The molecule has 1 aliphatic heterocycles. The smallest absolute Gasteiger partial charge is 0.275 e. The molecule has 1 heterocycles. The van der Waals surface area contributed by atoms with Crippen molar-refractivity contribution in [3.63, 3.8) is 0 Å². The lowest BCUT2D eigenvalue weighted by molar-refractivity contribution is -0.385. The molecule has 122 valence electrons. The Bertz CT molecular complexity index is 693. The Labute approximate surface area is 134 Å². The Morgan fingerprint density at radius 2 is 2.14 bits per heavy atom. The first-order chi connectivity index (χ1) is 10.2. The van der Waals surface area contributed by atoms with Gasteiger partial charge in [-0.2, -0.15) is 0 Å². The van der Waals surface area contributed by atoms with Gasteiger partial charge in [0.1, 0.15) is 0 Å². The molecule has 2 unspecified atom stereocenters. The zero-order valence-electron chi connectivity index (χ0n) is 12.3.